The lowest BCUT2D eigenvalue weighted by Crippen LogP contribution is -2.48. The smallest absolute Gasteiger partial charge is 0.231 e. The Balaban J connectivity index is 1.60. The normalized spacial score (nSPS) is 15.4. The number of hydrogen-bond acceptors (Lipinski definition) is 4. The summed E-state index contributed by atoms with van der Waals surface area (Å²) in [7, 11) is 0. The number of hydrogen-bond donors (Lipinski definition) is 1. The van der Waals surface area contributed by atoms with E-state index >= 15 is 0 Å². The maximum Gasteiger partial charge on any atom is 0.231 e. The first-order valence-electron chi connectivity index (χ1n) is 10.4. The van der Waals surface area contributed by atoms with Crippen LogP contribution in [-0.2, 0) is 11.3 Å². The molecule has 6 nitrogen and oxygen atoms in total. The summed E-state index contributed by atoms with van der Waals surface area (Å²) >= 11 is 0. The van der Waals surface area contributed by atoms with E-state index in [1.54, 1.807) is 0 Å². The Kier molecular flexibility index (Phi) is 5.97. The SMILES string of the molecule is Cc1ccc(-c2nn(-c3ccccc3)cc2CN2CCN(CC(N)=O)CC2)cc1C. The number of benzene rings is 2. The molecular weight excluding hydrogens is 374 g/mol. The van der Waals surface area contributed by atoms with Gasteiger partial charge in [0.15, 0.2) is 0 Å². The number of rotatable bonds is 6. The van der Waals surface area contributed by atoms with Gasteiger partial charge in [0.25, 0.3) is 0 Å². The summed E-state index contributed by atoms with van der Waals surface area (Å²) in [4.78, 5) is 15.7. The molecule has 1 saturated heterocycles. The Bertz CT molecular complexity index is 1020. The molecule has 1 fully saturated rings. The lowest BCUT2D eigenvalue weighted by molar-refractivity contribution is -0.119. The highest BCUT2D eigenvalue weighted by Gasteiger charge is 2.21. The summed E-state index contributed by atoms with van der Waals surface area (Å²) in [5.74, 6) is -0.260. The third-order valence-corrected chi connectivity index (χ3v) is 5.83. The number of piperazine rings is 1. The largest absolute Gasteiger partial charge is 0.369 e. The first kappa shape index (κ1) is 20.3. The molecule has 0 spiro atoms. The van der Waals surface area contributed by atoms with E-state index < -0.39 is 0 Å². The van der Waals surface area contributed by atoms with E-state index in [0.717, 1.165) is 49.7 Å². The van der Waals surface area contributed by atoms with E-state index in [2.05, 4.69) is 60.2 Å². The maximum absolute atomic E-state index is 11.2. The summed E-state index contributed by atoms with van der Waals surface area (Å²) in [6, 6.07) is 16.8. The second-order valence-corrected chi connectivity index (χ2v) is 8.10. The lowest BCUT2D eigenvalue weighted by Gasteiger charge is -2.33. The van der Waals surface area contributed by atoms with E-state index in [1.165, 1.54) is 16.7 Å². The number of nitrogens with two attached hydrogens (primary N) is 1. The minimum absolute atomic E-state index is 0.260. The summed E-state index contributed by atoms with van der Waals surface area (Å²) in [5, 5.41) is 4.96. The molecule has 3 aromatic rings. The number of amides is 1. The number of nitrogens with zero attached hydrogens (tertiary/aromatic N) is 4. The molecule has 0 bridgehead atoms. The zero-order chi connectivity index (χ0) is 21.1. The number of para-hydroxylation sites is 1. The van der Waals surface area contributed by atoms with Crippen molar-refractivity contribution in [3.05, 3.63) is 71.4 Å². The molecule has 0 saturated carbocycles. The molecule has 156 valence electrons. The van der Waals surface area contributed by atoms with Crippen LogP contribution in [0.1, 0.15) is 16.7 Å². The van der Waals surface area contributed by atoms with Crippen LogP contribution in [0.25, 0.3) is 16.9 Å². The van der Waals surface area contributed by atoms with Crippen molar-refractivity contribution in [2.75, 3.05) is 32.7 Å². The van der Waals surface area contributed by atoms with Crippen molar-refractivity contribution >= 4 is 5.91 Å². The summed E-state index contributed by atoms with van der Waals surface area (Å²) in [5.41, 5.74) is 12.3. The first-order valence-corrected chi connectivity index (χ1v) is 10.4. The minimum atomic E-state index is -0.260. The van der Waals surface area contributed by atoms with Gasteiger partial charge in [-0.2, -0.15) is 5.10 Å². The molecule has 1 amide bonds. The second kappa shape index (κ2) is 8.81. The highest BCUT2D eigenvalue weighted by Crippen LogP contribution is 2.27. The molecule has 30 heavy (non-hydrogen) atoms. The summed E-state index contributed by atoms with van der Waals surface area (Å²) in [6.45, 7) is 8.99. The van der Waals surface area contributed by atoms with Crippen LogP contribution in [0.3, 0.4) is 0 Å². The molecule has 2 heterocycles. The van der Waals surface area contributed by atoms with E-state index in [9.17, 15) is 4.79 Å². The minimum Gasteiger partial charge on any atom is -0.369 e. The molecule has 1 aliphatic heterocycles. The Morgan fingerprint density at radius 2 is 1.67 bits per heavy atom. The van der Waals surface area contributed by atoms with Crippen molar-refractivity contribution < 1.29 is 4.79 Å². The van der Waals surface area contributed by atoms with Crippen molar-refractivity contribution in [2.24, 2.45) is 5.73 Å². The van der Waals surface area contributed by atoms with Gasteiger partial charge in [-0.1, -0.05) is 30.3 Å². The van der Waals surface area contributed by atoms with Crippen molar-refractivity contribution in [3.8, 4) is 16.9 Å². The van der Waals surface area contributed by atoms with Crippen molar-refractivity contribution in [1.29, 1.82) is 0 Å². The fourth-order valence-corrected chi connectivity index (χ4v) is 3.94. The number of carbonyl (C=O) groups excluding carboxylic acids is 1. The molecular formula is C24H29N5O. The van der Waals surface area contributed by atoms with Gasteiger partial charge < -0.3 is 5.73 Å². The van der Waals surface area contributed by atoms with E-state index in [4.69, 9.17) is 10.8 Å². The molecule has 2 aromatic carbocycles. The fourth-order valence-electron chi connectivity index (χ4n) is 3.94. The average Bonchev–Trinajstić information content (AvgIpc) is 3.15. The quantitative estimate of drug-likeness (QED) is 0.687. The van der Waals surface area contributed by atoms with Crippen LogP contribution in [-0.4, -0.2) is 58.2 Å². The molecule has 0 unspecified atom stereocenters. The van der Waals surface area contributed by atoms with Gasteiger partial charge in [-0.3, -0.25) is 14.6 Å². The van der Waals surface area contributed by atoms with Gasteiger partial charge >= 0.3 is 0 Å². The summed E-state index contributed by atoms with van der Waals surface area (Å²) < 4.78 is 1.98. The van der Waals surface area contributed by atoms with Crippen molar-refractivity contribution in [3.63, 3.8) is 0 Å². The van der Waals surface area contributed by atoms with Crippen LogP contribution < -0.4 is 5.73 Å². The van der Waals surface area contributed by atoms with Gasteiger partial charge in [0.05, 0.1) is 17.9 Å². The second-order valence-electron chi connectivity index (χ2n) is 8.10. The van der Waals surface area contributed by atoms with Crippen molar-refractivity contribution in [1.82, 2.24) is 19.6 Å². The highest BCUT2D eigenvalue weighted by atomic mass is 16.1. The molecule has 1 aliphatic rings. The van der Waals surface area contributed by atoms with Crippen LogP contribution in [0.15, 0.2) is 54.7 Å². The van der Waals surface area contributed by atoms with E-state index in [-0.39, 0.29) is 5.91 Å². The average molecular weight is 404 g/mol. The van der Waals surface area contributed by atoms with Crippen LogP contribution in [0.5, 0.6) is 0 Å². The maximum atomic E-state index is 11.2. The molecule has 0 atom stereocenters. The van der Waals surface area contributed by atoms with Crippen LogP contribution in [0, 0.1) is 13.8 Å². The van der Waals surface area contributed by atoms with Gasteiger partial charge in [0, 0.05) is 50.0 Å². The predicted molar refractivity (Wildman–Crippen MR) is 119 cm³/mol. The molecule has 1 aromatic heterocycles. The van der Waals surface area contributed by atoms with Gasteiger partial charge in [0.1, 0.15) is 0 Å². The third-order valence-electron chi connectivity index (χ3n) is 5.83. The topological polar surface area (TPSA) is 67.4 Å². The molecule has 2 N–H and O–H groups in total. The van der Waals surface area contributed by atoms with Crippen LogP contribution >= 0.6 is 0 Å². The van der Waals surface area contributed by atoms with Gasteiger partial charge in [-0.25, -0.2) is 4.68 Å². The molecule has 0 aliphatic carbocycles. The van der Waals surface area contributed by atoms with Gasteiger partial charge in [-0.05, 0) is 43.2 Å². The number of aromatic nitrogens is 2. The number of primary amides is 1. The van der Waals surface area contributed by atoms with Gasteiger partial charge in [-0.15, -0.1) is 0 Å². The standard InChI is InChI=1S/C24H29N5O/c1-18-8-9-20(14-19(18)2)24-21(16-29(26-24)22-6-4-3-5-7-22)15-27-10-12-28(13-11-27)17-23(25)30/h3-9,14,16H,10-13,15,17H2,1-2H3,(H2,25,30). The zero-order valence-electron chi connectivity index (χ0n) is 17.7. The van der Waals surface area contributed by atoms with Crippen LogP contribution in [0.2, 0.25) is 0 Å². The third kappa shape index (κ3) is 4.61. The Hall–Kier alpha value is -2.96. The van der Waals surface area contributed by atoms with Gasteiger partial charge in [0.2, 0.25) is 5.91 Å². The molecule has 4 rings (SSSR count). The number of aryl methyl sites for hydroxylation is 2. The van der Waals surface area contributed by atoms with E-state index in [1.807, 2.05) is 22.9 Å². The molecule has 0 radical (unpaired) electrons. The fraction of sp³-hybridized carbons (Fsp3) is 0.333. The van der Waals surface area contributed by atoms with Crippen molar-refractivity contribution in [2.45, 2.75) is 20.4 Å². The number of carbonyl (C=O) groups is 1. The zero-order valence-corrected chi connectivity index (χ0v) is 17.7. The van der Waals surface area contributed by atoms with E-state index in [0.29, 0.717) is 6.54 Å². The molecule has 6 heteroatoms. The van der Waals surface area contributed by atoms with Crippen LogP contribution in [0.4, 0.5) is 0 Å². The first-order chi connectivity index (χ1) is 14.5. The Morgan fingerprint density at radius 3 is 2.33 bits per heavy atom. The highest BCUT2D eigenvalue weighted by molar-refractivity contribution is 5.75. The Morgan fingerprint density at radius 1 is 0.967 bits per heavy atom. The lowest BCUT2D eigenvalue weighted by atomic mass is 10.0. The predicted octanol–water partition coefficient (Wildman–Crippen LogP) is 2.76. The Labute approximate surface area is 177 Å². The monoisotopic (exact) mass is 403 g/mol. The summed E-state index contributed by atoms with van der Waals surface area (Å²) in [6.07, 6.45) is 2.15.